The molecule has 0 atom stereocenters. The lowest BCUT2D eigenvalue weighted by Crippen LogP contribution is -2.27. The number of nitrogens with one attached hydrogen (secondary N) is 2. The van der Waals surface area contributed by atoms with E-state index in [-0.39, 0.29) is 11.3 Å². The average Bonchev–Trinajstić information content (AvgIpc) is 2.26. The molecule has 0 aliphatic rings. The molecule has 0 bridgehead atoms. The molecule has 0 spiro atoms. The second kappa shape index (κ2) is 4.41. The van der Waals surface area contributed by atoms with Gasteiger partial charge in [-0.05, 0) is 12.1 Å². The Kier molecular flexibility index (Phi) is 3.22. The number of rotatable bonds is 2. The number of esters is 1. The first-order valence-electron chi connectivity index (χ1n) is 4.14. The molecule has 0 saturated heterocycles. The Hall–Kier alpha value is -2.11. The van der Waals surface area contributed by atoms with Gasteiger partial charge in [-0.3, -0.25) is 9.59 Å². The Bertz CT molecular complexity index is 450. The molecule has 6 nitrogen and oxygen atoms in total. The van der Waals surface area contributed by atoms with Crippen molar-refractivity contribution < 1.29 is 14.3 Å². The maximum atomic E-state index is 11.3. The van der Waals surface area contributed by atoms with Gasteiger partial charge < -0.3 is 15.0 Å². The van der Waals surface area contributed by atoms with Gasteiger partial charge in [-0.1, -0.05) is 0 Å². The fourth-order valence-electron chi connectivity index (χ4n) is 1.02. The van der Waals surface area contributed by atoms with E-state index in [2.05, 4.69) is 15.0 Å². The molecule has 0 unspecified atom stereocenters. The number of hydrogen-bond acceptors (Lipinski definition) is 4. The first kappa shape index (κ1) is 11.0. The molecule has 1 aromatic rings. The highest BCUT2D eigenvalue weighted by atomic mass is 16.5. The summed E-state index contributed by atoms with van der Waals surface area (Å²) in [6.07, 6.45) is 0. The molecule has 1 heterocycles. The normalized spacial score (nSPS) is 9.47. The molecule has 0 fully saturated rings. The van der Waals surface area contributed by atoms with Crippen molar-refractivity contribution in [3.63, 3.8) is 0 Å². The van der Waals surface area contributed by atoms with E-state index in [0.717, 1.165) is 0 Å². The Labute approximate surface area is 85.3 Å². The smallest absolute Gasteiger partial charge is 0.354 e. The summed E-state index contributed by atoms with van der Waals surface area (Å²) in [6, 6.07) is 2.59. The van der Waals surface area contributed by atoms with Gasteiger partial charge in [0.25, 0.3) is 11.5 Å². The Morgan fingerprint density at radius 1 is 1.40 bits per heavy atom. The average molecular weight is 210 g/mol. The lowest BCUT2D eigenvalue weighted by Gasteiger charge is -2.01. The number of H-pyrrole nitrogens is 1. The van der Waals surface area contributed by atoms with Crippen LogP contribution >= 0.6 is 0 Å². The zero-order valence-electron chi connectivity index (χ0n) is 8.29. The Morgan fingerprint density at radius 3 is 2.53 bits per heavy atom. The van der Waals surface area contributed by atoms with Crippen LogP contribution in [0, 0.1) is 0 Å². The van der Waals surface area contributed by atoms with Gasteiger partial charge in [0.05, 0.1) is 7.11 Å². The molecule has 1 rings (SSSR count). The van der Waals surface area contributed by atoms with E-state index >= 15 is 0 Å². The minimum Gasteiger partial charge on any atom is -0.464 e. The molecule has 80 valence electrons. The second-order valence-corrected chi connectivity index (χ2v) is 2.69. The quantitative estimate of drug-likeness (QED) is 0.645. The predicted molar refractivity (Wildman–Crippen MR) is 51.8 cm³/mol. The highest BCUT2D eigenvalue weighted by Crippen LogP contribution is 1.96. The highest BCUT2D eigenvalue weighted by Gasteiger charge is 2.12. The molecule has 2 N–H and O–H groups in total. The van der Waals surface area contributed by atoms with Gasteiger partial charge in [-0.2, -0.15) is 0 Å². The van der Waals surface area contributed by atoms with Crippen molar-refractivity contribution in [3.05, 3.63) is 33.7 Å². The molecule has 1 aromatic heterocycles. The van der Waals surface area contributed by atoms with Gasteiger partial charge in [0.1, 0.15) is 11.3 Å². The first-order chi connectivity index (χ1) is 7.10. The van der Waals surface area contributed by atoms with Crippen molar-refractivity contribution >= 4 is 11.9 Å². The van der Waals surface area contributed by atoms with Crippen LogP contribution in [-0.2, 0) is 4.74 Å². The molecule has 0 aliphatic heterocycles. The van der Waals surface area contributed by atoms with Gasteiger partial charge in [-0.15, -0.1) is 0 Å². The molecule has 0 radical (unpaired) electrons. The number of carbonyl (C=O) groups is 2. The fourth-order valence-corrected chi connectivity index (χ4v) is 1.02. The van der Waals surface area contributed by atoms with Crippen molar-refractivity contribution in [2.45, 2.75) is 0 Å². The van der Waals surface area contributed by atoms with E-state index in [1.54, 1.807) is 0 Å². The molecule has 0 saturated carbocycles. The van der Waals surface area contributed by atoms with Crippen LogP contribution in [0.1, 0.15) is 20.8 Å². The van der Waals surface area contributed by atoms with Crippen LogP contribution in [0.5, 0.6) is 0 Å². The zero-order chi connectivity index (χ0) is 11.4. The van der Waals surface area contributed by atoms with E-state index < -0.39 is 17.4 Å². The van der Waals surface area contributed by atoms with Gasteiger partial charge in [0, 0.05) is 7.05 Å². The fraction of sp³-hybridized carbons (Fsp3) is 0.222. The molecule has 0 aromatic carbocycles. The largest absolute Gasteiger partial charge is 0.464 e. The molecule has 6 heteroatoms. The molecular formula is C9H10N2O4. The second-order valence-electron chi connectivity index (χ2n) is 2.69. The molecular weight excluding hydrogens is 200 g/mol. The monoisotopic (exact) mass is 210 g/mol. The topological polar surface area (TPSA) is 88.3 Å². The predicted octanol–water partition coefficient (Wildman–Crippen LogP) is -0.479. The van der Waals surface area contributed by atoms with E-state index in [1.807, 2.05) is 0 Å². The third kappa shape index (κ3) is 2.22. The van der Waals surface area contributed by atoms with Crippen LogP contribution in [0.15, 0.2) is 16.9 Å². The van der Waals surface area contributed by atoms with Crippen LogP contribution in [0.4, 0.5) is 0 Å². The minimum absolute atomic E-state index is 0.00940. The first-order valence-corrected chi connectivity index (χ1v) is 4.14. The Balaban J connectivity index is 3.15. The van der Waals surface area contributed by atoms with E-state index in [1.165, 1.54) is 26.3 Å². The maximum Gasteiger partial charge on any atom is 0.354 e. The third-order valence-corrected chi connectivity index (χ3v) is 1.79. The number of aromatic nitrogens is 1. The summed E-state index contributed by atoms with van der Waals surface area (Å²) < 4.78 is 4.41. The lowest BCUT2D eigenvalue weighted by molar-refractivity contribution is 0.0593. The van der Waals surface area contributed by atoms with Crippen molar-refractivity contribution in [2.24, 2.45) is 0 Å². The Morgan fingerprint density at radius 2 is 2.07 bits per heavy atom. The molecule has 15 heavy (non-hydrogen) atoms. The summed E-state index contributed by atoms with van der Waals surface area (Å²) in [5, 5.41) is 2.31. The van der Waals surface area contributed by atoms with Gasteiger partial charge in [0.2, 0.25) is 0 Å². The van der Waals surface area contributed by atoms with Gasteiger partial charge >= 0.3 is 5.97 Å². The van der Waals surface area contributed by atoms with E-state index in [9.17, 15) is 14.4 Å². The van der Waals surface area contributed by atoms with Crippen molar-refractivity contribution in [3.8, 4) is 0 Å². The highest BCUT2D eigenvalue weighted by molar-refractivity contribution is 5.94. The standard InChI is InChI=1S/C9H10N2O4/c1-10-7(12)5-3-4-6(9(14)15-2)11-8(5)13/h3-4H,1-2H3,(H,10,12)(H,11,13). The number of amides is 1. The summed E-state index contributed by atoms with van der Waals surface area (Å²) in [6.45, 7) is 0. The number of carbonyl (C=O) groups excluding carboxylic acids is 2. The lowest BCUT2D eigenvalue weighted by atomic mass is 10.2. The summed E-state index contributed by atoms with van der Waals surface area (Å²) >= 11 is 0. The summed E-state index contributed by atoms with van der Waals surface area (Å²) in [7, 11) is 2.61. The number of hydrogen-bond donors (Lipinski definition) is 2. The van der Waals surface area contributed by atoms with Crippen LogP contribution in [-0.4, -0.2) is 31.0 Å². The number of ether oxygens (including phenoxy) is 1. The SMILES string of the molecule is CNC(=O)c1ccc(C(=O)OC)[nH]c1=O. The van der Waals surface area contributed by atoms with Crippen LogP contribution in [0.2, 0.25) is 0 Å². The van der Waals surface area contributed by atoms with Crippen molar-refractivity contribution in [1.29, 1.82) is 0 Å². The van der Waals surface area contributed by atoms with Crippen molar-refractivity contribution in [1.82, 2.24) is 10.3 Å². The van der Waals surface area contributed by atoms with Crippen LogP contribution < -0.4 is 10.9 Å². The van der Waals surface area contributed by atoms with E-state index in [0.29, 0.717) is 0 Å². The van der Waals surface area contributed by atoms with E-state index in [4.69, 9.17) is 0 Å². The summed E-state index contributed by atoms with van der Waals surface area (Å²) in [5.41, 5.74) is -0.669. The van der Waals surface area contributed by atoms with Crippen molar-refractivity contribution in [2.75, 3.05) is 14.2 Å². The number of pyridine rings is 1. The molecule has 1 amide bonds. The summed E-state index contributed by atoms with van der Waals surface area (Å²) in [4.78, 5) is 35.7. The van der Waals surface area contributed by atoms with Gasteiger partial charge in [0.15, 0.2) is 0 Å². The zero-order valence-corrected chi connectivity index (χ0v) is 8.29. The summed E-state index contributed by atoms with van der Waals surface area (Å²) in [5.74, 6) is -1.16. The van der Waals surface area contributed by atoms with Gasteiger partial charge in [-0.25, -0.2) is 4.79 Å². The van der Waals surface area contributed by atoms with Crippen LogP contribution in [0.3, 0.4) is 0 Å². The minimum atomic E-state index is -0.657. The molecule has 0 aliphatic carbocycles. The maximum absolute atomic E-state index is 11.3. The number of aromatic amines is 1. The third-order valence-electron chi connectivity index (χ3n) is 1.79. The van der Waals surface area contributed by atoms with Crippen LogP contribution in [0.25, 0.3) is 0 Å². The number of methoxy groups -OCH3 is 1.